The number of methoxy groups -OCH3 is 1. The van der Waals surface area contributed by atoms with Gasteiger partial charge < -0.3 is 14.8 Å². The van der Waals surface area contributed by atoms with Crippen LogP contribution in [-0.2, 0) is 9.53 Å². The number of hydrogen-bond donors (Lipinski definition) is 1. The number of halogens is 1. The van der Waals surface area contributed by atoms with Gasteiger partial charge in [0.05, 0.1) is 24.0 Å². The van der Waals surface area contributed by atoms with E-state index < -0.39 is 0 Å². The van der Waals surface area contributed by atoms with Gasteiger partial charge in [-0.05, 0) is 50.2 Å². The molecule has 1 amide bonds. The fourth-order valence-corrected chi connectivity index (χ4v) is 3.99. The van der Waals surface area contributed by atoms with Crippen molar-refractivity contribution in [2.24, 2.45) is 0 Å². The van der Waals surface area contributed by atoms with E-state index in [4.69, 9.17) is 21.1 Å². The zero-order valence-electron chi connectivity index (χ0n) is 17.7. The zero-order chi connectivity index (χ0) is 22.2. The lowest BCUT2D eigenvalue weighted by Crippen LogP contribution is -2.36. The van der Waals surface area contributed by atoms with Crippen molar-refractivity contribution in [2.45, 2.75) is 25.0 Å². The summed E-state index contributed by atoms with van der Waals surface area (Å²) in [6, 6.07) is 15.0. The molecule has 0 saturated heterocycles. The van der Waals surface area contributed by atoms with E-state index in [-0.39, 0.29) is 17.7 Å². The average Bonchev–Trinajstić information content (AvgIpc) is 3.17. The van der Waals surface area contributed by atoms with Crippen LogP contribution < -0.4 is 10.1 Å². The van der Waals surface area contributed by atoms with E-state index in [1.807, 2.05) is 66.9 Å². The number of hydrogen-bond acceptors (Lipinski definition) is 6. The molecule has 0 bridgehead atoms. The lowest BCUT2D eigenvalue weighted by atomic mass is 10.2. The first kappa shape index (κ1) is 23.1. The first-order valence-electron chi connectivity index (χ1n) is 9.88. The third-order valence-corrected chi connectivity index (χ3v) is 5.57. The van der Waals surface area contributed by atoms with Crippen molar-refractivity contribution in [3.8, 4) is 22.8 Å². The molecule has 1 atom stereocenters. The zero-order valence-corrected chi connectivity index (χ0v) is 19.2. The van der Waals surface area contributed by atoms with Crippen LogP contribution in [0.15, 0.2) is 53.7 Å². The van der Waals surface area contributed by atoms with Crippen LogP contribution in [0.3, 0.4) is 0 Å². The molecule has 0 aliphatic rings. The second-order valence-corrected chi connectivity index (χ2v) is 8.11. The Hall–Kier alpha value is -2.55. The molecule has 1 unspecified atom stereocenters. The highest BCUT2D eigenvalue weighted by Crippen LogP contribution is 2.32. The molecule has 0 aliphatic heterocycles. The van der Waals surface area contributed by atoms with Gasteiger partial charge in [0.25, 0.3) is 0 Å². The Morgan fingerprint density at radius 3 is 2.61 bits per heavy atom. The lowest BCUT2D eigenvalue weighted by Gasteiger charge is -2.14. The summed E-state index contributed by atoms with van der Waals surface area (Å²) in [6.07, 6.45) is 0. The number of rotatable bonds is 10. The SMILES string of the molecule is CCOc1ccc(-n2c(SCC(=O)NC(C)COC)nnc2-c2ccccc2Cl)cc1. The fraction of sp³-hybridized carbons (Fsp3) is 0.318. The monoisotopic (exact) mass is 460 g/mol. The largest absolute Gasteiger partial charge is 0.494 e. The van der Waals surface area contributed by atoms with Gasteiger partial charge in [0.2, 0.25) is 5.91 Å². The Balaban J connectivity index is 1.91. The summed E-state index contributed by atoms with van der Waals surface area (Å²) >= 11 is 7.73. The lowest BCUT2D eigenvalue weighted by molar-refractivity contribution is -0.119. The van der Waals surface area contributed by atoms with Crippen LogP contribution in [-0.4, -0.2) is 52.8 Å². The maximum absolute atomic E-state index is 12.3. The Bertz CT molecular complexity index is 1010. The van der Waals surface area contributed by atoms with E-state index in [0.29, 0.717) is 29.2 Å². The summed E-state index contributed by atoms with van der Waals surface area (Å²) in [4.78, 5) is 12.3. The Kier molecular flexibility index (Phi) is 8.34. The summed E-state index contributed by atoms with van der Waals surface area (Å²) in [5.41, 5.74) is 1.61. The van der Waals surface area contributed by atoms with Gasteiger partial charge in [-0.15, -0.1) is 10.2 Å². The van der Waals surface area contributed by atoms with Gasteiger partial charge in [0.15, 0.2) is 11.0 Å². The van der Waals surface area contributed by atoms with Crippen LogP contribution in [0.5, 0.6) is 5.75 Å². The highest BCUT2D eigenvalue weighted by Gasteiger charge is 2.19. The molecule has 0 radical (unpaired) electrons. The van der Waals surface area contributed by atoms with E-state index in [1.165, 1.54) is 11.8 Å². The third kappa shape index (κ3) is 6.00. The van der Waals surface area contributed by atoms with Gasteiger partial charge in [-0.25, -0.2) is 0 Å². The number of benzene rings is 2. The number of nitrogens with zero attached hydrogens (tertiary/aromatic N) is 3. The average molecular weight is 461 g/mol. The molecule has 1 N–H and O–H groups in total. The van der Waals surface area contributed by atoms with Gasteiger partial charge in [-0.3, -0.25) is 9.36 Å². The van der Waals surface area contributed by atoms with Crippen molar-refractivity contribution in [2.75, 3.05) is 26.1 Å². The van der Waals surface area contributed by atoms with Crippen molar-refractivity contribution in [3.05, 3.63) is 53.6 Å². The van der Waals surface area contributed by atoms with Crippen LogP contribution in [0.1, 0.15) is 13.8 Å². The highest BCUT2D eigenvalue weighted by molar-refractivity contribution is 7.99. The van der Waals surface area contributed by atoms with Crippen LogP contribution in [0.4, 0.5) is 0 Å². The first-order valence-corrected chi connectivity index (χ1v) is 11.2. The van der Waals surface area contributed by atoms with Crippen molar-refractivity contribution < 1.29 is 14.3 Å². The fourth-order valence-electron chi connectivity index (χ4n) is 3.01. The number of amides is 1. The van der Waals surface area contributed by atoms with Crippen LogP contribution in [0.25, 0.3) is 17.1 Å². The van der Waals surface area contributed by atoms with Crippen LogP contribution in [0, 0.1) is 0 Å². The van der Waals surface area contributed by atoms with Gasteiger partial charge in [0.1, 0.15) is 5.75 Å². The molecule has 0 aliphatic carbocycles. The predicted octanol–water partition coefficient (Wildman–Crippen LogP) is 4.23. The normalized spacial score (nSPS) is 11.9. The highest BCUT2D eigenvalue weighted by atomic mass is 35.5. The molecule has 3 aromatic rings. The van der Waals surface area contributed by atoms with E-state index in [0.717, 1.165) is 17.0 Å². The maximum atomic E-state index is 12.3. The number of thioether (sulfide) groups is 1. The molecule has 2 aromatic carbocycles. The molecule has 31 heavy (non-hydrogen) atoms. The first-order chi connectivity index (χ1) is 15.0. The van der Waals surface area contributed by atoms with Crippen LogP contribution in [0.2, 0.25) is 5.02 Å². The Labute approximate surface area is 191 Å². The summed E-state index contributed by atoms with van der Waals surface area (Å²) in [5, 5.41) is 12.8. The van der Waals surface area contributed by atoms with Crippen molar-refractivity contribution >= 4 is 29.3 Å². The smallest absolute Gasteiger partial charge is 0.230 e. The van der Waals surface area contributed by atoms with Gasteiger partial charge in [0, 0.05) is 24.4 Å². The molecule has 9 heteroatoms. The summed E-state index contributed by atoms with van der Waals surface area (Å²) in [7, 11) is 1.60. The number of carbonyl (C=O) groups is 1. The Morgan fingerprint density at radius 2 is 1.94 bits per heavy atom. The molecule has 0 saturated carbocycles. The maximum Gasteiger partial charge on any atom is 0.230 e. The van der Waals surface area contributed by atoms with Crippen LogP contribution >= 0.6 is 23.4 Å². The minimum atomic E-state index is -0.102. The second-order valence-electron chi connectivity index (χ2n) is 6.76. The molecular weight excluding hydrogens is 436 g/mol. The summed E-state index contributed by atoms with van der Waals surface area (Å²) in [5.74, 6) is 1.48. The van der Waals surface area contributed by atoms with Crippen molar-refractivity contribution in [3.63, 3.8) is 0 Å². The number of aromatic nitrogens is 3. The molecule has 1 aromatic heterocycles. The Morgan fingerprint density at radius 1 is 1.19 bits per heavy atom. The number of ether oxygens (including phenoxy) is 2. The minimum absolute atomic E-state index is 0.0687. The summed E-state index contributed by atoms with van der Waals surface area (Å²) in [6.45, 7) is 4.88. The summed E-state index contributed by atoms with van der Waals surface area (Å²) < 4.78 is 12.5. The van der Waals surface area contributed by atoms with Gasteiger partial charge >= 0.3 is 0 Å². The number of carbonyl (C=O) groups excluding carboxylic acids is 1. The molecule has 1 heterocycles. The molecule has 164 valence electrons. The third-order valence-electron chi connectivity index (χ3n) is 4.31. The molecule has 0 fully saturated rings. The topological polar surface area (TPSA) is 78.3 Å². The predicted molar refractivity (Wildman–Crippen MR) is 123 cm³/mol. The molecule has 3 rings (SSSR count). The molecular formula is C22H25ClN4O3S. The standard InChI is InChI=1S/C22H25ClN4O3S/c1-4-30-17-11-9-16(10-12-17)27-21(18-7-5-6-8-19(18)23)25-26-22(27)31-14-20(28)24-15(2)13-29-3/h5-12,15H,4,13-14H2,1-3H3,(H,24,28). The van der Waals surface area contributed by atoms with Gasteiger partial charge in [-0.2, -0.15) is 0 Å². The van der Waals surface area contributed by atoms with Gasteiger partial charge in [-0.1, -0.05) is 35.5 Å². The quantitative estimate of drug-likeness (QED) is 0.456. The van der Waals surface area contributed by atoms with Crippen molar-refractivity contribution in [1.29, 1.82) is 0 Å². The number of nitrogens with one attached hydrogen (secondary N) is 1. The second kappa shape index (κ2) is 11.2. The van der Waals surface area contributed by atoms with E-state index in [1.54, 1.807) is 7.11 Å². The minimum Gasteiger partial charge on any atom is -0.494 e. The molecule has 7 nitrogen and oxygen atoms in total. The van der Waals surface area contributed by atoms with E-state index in [9.17, 15) is 4.79 Å². The van der Waals surface area contributed by atoms with E-state index in [2.05, 4.69) is 15.5 Å². The van der Waals surface area contributed by atoms with Crippen molar-refractivity contribution in [1.82, 2.24) is 20.1 Å². The van der Waals surface area contributed by atoms with E-state index >= 15 is 0 Å². The molecule has 0 spiro atoms.